The highest BCUT2D eigenvalue weighted by Gasteiger charge is 2.22. The number of halogens is 1. The van der Waals surface area contributed by atoms with Crippen LogP contribution in [0.4, 0.5) is 11.4 Å². The van der Waals surface area contributed by atoms with Gasteiger partial charge in [-0.3, -0.25) is 9.52 Å². The molecule has 7 heteroatoms. The lowest BCUT2D eigenvalue weighted by Crippen LogP contribution is -2.20. The van der Waals surface area contributed by atoms with E-state index in [9.17, 15) is 13.2 Å². The molecule has 0 aromatic heterocycles. The molecule has 0 saturated heterocycles. The van der Waals surface area contributed by atoms with Crippen LogP contribution in [0.15, 0.2) is 35.2 Å². The first kappa shape index (κ1) is 18.7. The Kier molecular flexibility index (Phi) is 5.25. The van der Waals surface area contributed by atoms with E-state index in [1.54, 1.807) is 18.2 Å². The fourth-order valence-corrected chi connectivity index (χ4v) is 4.64. The number of hydrogen-bond donors (Lipinski definition) is 2. The number of benzene rings is 2. The lowest BCUT2D eigenvalue weighted by Gasteiger charge is -2.19. The van der Waals surface area contributed by atoms with E-state index in [1.807, 2.05) is 19.9 Å². The summed E-state index contributed by atoms with van der Waals surface area (Å²) in [5.41, 5.74) is 3.75. The van der Waals surface area contributed by atoms with Crippen molar-refractivity contribution in [2.45, 2.75) is 44.4 Å². The normalized spacial score (nSPS) is 13.9. The van der Waals surface area contributed by atoms with Gasteiger partial charge in [0.1, 0.15) is 0 Å². The second-order valence-electron chi connectivity index (χ2n) is 6.24. The monoisotopic (exact) mass is 392 g/mol. The molecule has 0 spiro atoms. The molecule has 1 aliphatic heterocycles. The van der Waals surface area contributed by atoms with Crippen molar-refractivity contribution in [2.24, 2.45) is 0 Å². The molecular weight excluding hydrogens is 372 g/mol. The maximum Gasteiger partial charge on any atom is 0.261 e. The molecule has 26 heavy (non-hydrogen) atoms. The Hall–Kier alpha value is -2.05. The van der Waals surface area contributed by atoms with Crippen LogP contribution < -0.4 is 10.0 Å². The van der Waals surface area contributed by atoms with Crippen molar-refractivity contribution in [1.29, 1.82) is 0 Å². The number of fused-ring (bicyclic) bond motifs is 1. The van der Waals surface area contributed by atoms with Crippen molar-refractivity contribution in [3.63, 3.8) is 0 Å². The maximum atomic E-state index is 13.0. The van der Waals surface area contributed by atoms with Gasteiger partial charge >= 0.3 is 0 Å². The smallest absolute Gasteiger partial charge is 0.261 e. The third-order valence-corrected chi connectivity index (χ3v) is 6.30. The highest BCUT2D eigenvalue weighted by molar-refractivity contribution is 7.92. The molecule has 0 atom stereocenters. The number of rotatable bonds is 5. The lowest BCUT2D eigenvalue weighted by atomic mass is 10.0. The van der Waals surface area contributed by atoms with Crippen molar-refractivity contribution in [1.82, 2.24) is 0 Å². The van der Waals surface area contributed by atoms with Gasteiger partial charge < -0.3 is 5.32 Å². The zero-order chi connectivity index (χ0) is 18.9. The zero-order valence-electron chi connectivity index (χ0n) is 14.7. The van der Waals surface area contributed by atoms with Gasteiger partial charge in [-0.1, -0.05) is 31.5 Å². The van der Waals surface area contributed by atoms with Crippen LogP contribution in [0.25, 0.3) is 0 Å². The average molecular weight is 393 g/mol. The van der Waals surface area contributed by atoms with Crippen LogP contribution in [0.3, 0.4) is 0 Å². The number of amides is 1. The second-order valence-corrected chi connectivity index (χ2v) is 8.33. The topological polar surface area (TPSA) is 75.3 Å². The molecule has 0 unspecified atom stereocenters. The van der Waals surface area contributed by atoms with E-state index >= 15 is 0 Å². The number of hydrogen-bond acceptors (Lipinski definition) is 3. The molecule has 1 aliphatic rings. The Labute approximate surface area is 158 Å². The van der Waals surface area contributed by atoms with Crippen molar-refractivity contribution in [2.75, 3.05) is 10.0 Å². The highest BCUT2D eigenvalue weighted by Crippen LogP contribution is 2.32. The molecule has 1 amide bonds. The van der Waals surface area contributed by atoms with Crippen molar-refractivity contribution in [3.8, 4) is 0 Å². The number of anilines is 2. The van der Waals surface area contributed by atoms with Gasteiger partial charge in [-0.05, 0) is 60.2 Å². The van der Waals surface area contributed by atoms with Gasteiger partial charge in [0.25, 0.3) is 10.0 Å². The van der Waals surface area contributed by atoms with Crippen LogP contribution in [0.5, 0.6) is 0 Å². The van der Waals surface area contributed by atoms with Crippen LogP contribution in [0.2, 0.25) is 5.02 Å². The fourth-order valence-electron chi connectivity index (χ4n) is 3.16. The molecule has 138 valence electrons. The predicted molar refractivity (Wildman–Crippen MR) is 104 cm³/mol. The van der Waals surface area contributed by atoms with E-state index in [2.05, 4.69) is 10.0 Å². The van der Waals surface area contributed by atoms with Crippen molar-refractivity contribution < 1.29 is 13.2 Å². The summed E-state index contributed by atoms with van der Waals surface area (Å²) in [5.74, 6) is -0.0506. The lowest BCUT2D eigenvalue weighted by molar-refractivity contribution is -0.116. The largest absolute Gasteiger partial charge is 0.326 e. The van der Waals surface area contributed by atoms with Gasteiger partial charge in [0.15, 0.2) is 0 Å². The highest BCUT2D eigenvalue weighted by atomic mass is 35.5. The summed E-state index contributed by atoms with van der Waals surface area (Å²) >= 11 is 6.27. The molecule has 5 nitrogen and oxygen atoms in total. The average Bonchev–Trinajstić information content (AvgIpc) is 2.61. The minimum atomic E-state index is -3.76. The summed E-state index contributed by atoms with van der Waals surface area (Å²) in [5, 5.41) is 3.31. The molecule has 2 N–H and O–H groups in total. The first-order valence-corrected chi connectivity index (χ1v) is 10.5. The minimum Gasteiger partial charge on any atom is -0.326 e. The van der Waals surface area contributed by atoms with Gasteiger partial charge in [-0.15, -0.1) is 0 Å². The van der Waals surface area contributed by atoms with Gasteiger partial charge in [0, 0.05) is 17.1 Å². The Morgan fingerprint density at radius 3 is 2.58 bits per heavy atom. The van der Waals surface area contributed by atoms with Gasteiger partial charge in [0.2, 0.25) is 5.91 Å². The Morgan fingerprint density at radius 2 is 1.88 bits per heavy atom. The van der Waals surface area contributed by atoms with Gasteiger partial charge in [-0.25, -0.2) is 8.42 Å². The Balaban J connectivity index is 2.00. The molecular formula is C19H21ClN2O3S. The summed E-state index contributed by atoms with van der Waals surface area (Å²) in [6.45, 7) is 3.92. The first-order valence-electron chi connectivity index (χ1n) is 8.61. The minimum absolute atomic E-state index is 0.0506. The molecule has 0 fully saturated rings. The summed E-state index contributed by atoms with van der Waals surface area (Å²) in [7, 11) is -3.76. The quantitative estimate of drug-likeness (QED) is 0.802. The summed E-state index contributed by atoms with van der Waals surface area (Å²) < 4.78 is 28.6. The second kappa shape index (κ2) is 7.29. The molecule has 1 heterocycles. The van der Waals surface area contributed by atoms with E-state index in [1.165, 1.54) is 6.07 Å². The van der Waals surface area contributed by atoms with Crippen LogP contribution in [-0.4, -0.2) is 14.3 Å². The molecule has 0 aliphatic carbocycles. The van der Waals surface area contributed by atoms with E-state index in [4.69, 9.17) is 11.6 Å². The van der Waals surface area contributed by atoms with E-state index < -0.39 is 10.0 Å². The molecule has 3 rings (SSSR count). The molecule has 0 bridgehead atoms. The first-order chi connectivity index (χ1) is 12.4. The Bertz CT molecular complexity index is 971. The molecule has 2 aromatic rings. The van der Waals surface area contributed by atoms with Gasteiger partial charge in [-0.2, -0.15) is 0 Å². The van der Waals surface area contributed by atoms with Crippen LogP contribution in [0.1, 0.15) is 37.0 Å². The summed E-state index contributed by atoms with van der Waals surface area (Å²) in [4.78, 5) is 11.6. The fraction of sp³-hybridized carbons (Fsp3) is 0.316. The van der Waals surface area contributed by atoms with E-state index in [0.29, 0.717) is 42.1 Å². The molecule has 2 aromatic carbocycles. The number of aryl methyl sites for hydroxylation is 2. The van der Waals surface area contributed by atoms with Crippen molar-refractivity contribution >= 4 is 38.9 Å². The standard InChI is InChI=1S/C19H21ClN2O3S/c1-3-12-5-8-16(20)15(4-2)19(12)22-26(24,25)14-7-9-17-13(11-14)6-10-18(23)21-17/h5,7-9,11,22H,3-4,6,10H2,1-2H3,(H,21,23). The van der Waals surface area contributed by atoms with Crippen LogP contribution >= 0.6 is 11.6 Å². The number of carbonyl (C=O) groups excluding carboxylic acids is 1. The summed E-state index contributed by atoms with van der Waals surface area (Å²) in [6.07, 6.45) is 2.21. The maximum absolute atomic E-state index is 13.0. The van der Waals surface area contributed by atoms with E-state index in [-0.39, 0.29) is 10.8 Å². The number of carbonyl (C=O) groups is 1. The molecule has 0 saturated carbocycles. The van der Waals surface area contributed by atoms with E-state index in [0.717, 1.165) is 16.7 Å². The number of sulfonamides is 1. The predicted octanol–water partition coefficient (Wildman–Crippen LogP) is 4.15. The van der Waals surface area contributed by atoms with Crippen molar-refractivity contribution in [3.05, 3.63) is 52.0 Å². The van der Waals surface area contributed by atoms with Crippen LogP contribution in [-0.2, 0) is 34.1 Å². The van der Waals surface area contributed by atoms with Gasteiger partial charge in [0.05, 0.1) is 10.6 Å². The Morgan fingerprint density at radius 1 is 1.12 bits per heavy atom. The van der Waals surface area contributed by atoms with Crippen LogP contribution in [0, 0.1) is 0 Å². The SMILES string of the molecule is CCc1ccc(Cl)c(CC)c1NS(=O)(=O)c1ccc2c(c1)CCC(=O)N2. The number of nitrogens with one attached hydrogen (secondary N) is 2. The molecule has 0 radical (unpaired) electrons. The third-order valence-electron chi connectivity index (χ3n) is 4.60. The third kappa shape index (κ3) is 3.57. The summed E-state index contributed by atoms with van der Waals surface area (Å²) in [6, 6.07) is 8.42. The zero-order valence-corrected chi connectivity index (χ0v) is 16.3.